The molecule has 2 heterocycles. The lowest BCUT2D eigenvalue weighted by atomic mass is 9.79. The van der Waals surface area contributed by atoms with Crippen LogP contribution in [0.15, 0.2) is 0 Å². The van der Waals surface area contributed by atoms with Gasteiger partial charge >= 0.3 is 0 Å². The molecule has 1 aromatic heterocycles. The molecule has 2 rings (SSSR count). The smallest absolute Gasteiger partial charge is 0.113 e. The van der Waals surface area contributed by atoms with E-state index in [1.807, 2.05) is 11.3 Å². The minimum Gasteiger partial charge on any atom is -0.383 e. The first-order valence-corrected chi connectivity index (χ1v) is 8.59. The van der Waals surface area contributed by atoms with Gasteiger partial charge in [-0.1, -0.05) is 6.92 Å². The third-order valence-corrected chi connectivity index (χ3v) is 5.89. The fourth-order valence-corrected chi connectivity index (χ4v) is 4.06. The van der Waals surface area contributed by atoms with Crippen LogP contribution in [0.2, 0.25) is 0 Å². The molecule has 0 saturated carbocycles. The summed E-state index contributed by atoms with van der Waals surface area (Å²) in [5.41, 5.74) is 0.990. The van der Waals surface area contributed by atoms with Gasteiger partial charge in [0.15, 0.2) is 0 Å². The summed E-state index contributed by atoms with van der Waals surface area (Å²) < 4.78 is 11.3. The van der Waals surface area contributed by atoms with Gasteiger partial charge in [0.25, 0.3) is 0 Å². The van der Waals surface area contributed by atoms with Crippen LogP contribution in [-0.2, 0) is 15.0 Å². The number of hydrogen-bond acceptors (Lipinski definition) is 5. The Morgan fingerprint density at radius 2 is 2.19 bits per heavy atom. The first-order valence-electron chi connectivity index (χ1n) is 7.77. The summed E-state index contributed by atoms with van der Waals surface area (Å²) in [5.74, 6) is 0. The van der Waals surface area contributed by atoms with Crippen molar-refractivity contribution in [2.75, 3.05) is 26.9 Å². The molecule has 0 aliphatic carbocycles. The van der Waals surface area contributed by atoms with E-state index in [-0.39, 0.29) is 11.1 Å². The highest BCUT2D eigenvalue weighted by Crippen LogP contribution is 2.42. The molecule has 1 N–H and O–H groups in total. The molecule has 0 amide bonds. The van der Waals surface area contributed by atoms with E-state index in [0.717, 1.165) is 44.7 Å². The van der Waals surface area contributed by atoms with Gasteiger partial charge in [-0.3, -0.25) is 0 Å². The lowest BCUT2D eigenvalue weighted by molar-refractivity contribution is -0.104. The van der Waals surface area contributed by atoms with Gasteiger partial charge in [0.2, 0.25) is 0 Å². The Morgan fingerprint density at radius 3 is 2.76 bits per heavy atom. The molecule has 0 bridgehead atoms. The molecular weight excluding hydrogens is 284 g/mol. The Balaban J connectivity index is 2.29. The van der Waals surface area contributed by atoms with Gasteiger partial charge in [0.1, 0.15) is 5.01 Å². The molecule has 0 spiro atoms. The number of hydrogen-bond donors (Lipinski definition) is 1. The van der Waals surface area contributed by atoms with Crippen molar-refractivity contribution in [3.05, 3.63) is 15.6 Å². The molecule has 1 fully saturated rings. The highest BCUT2D eigenvalue weighted by molar-refractivity contribution is 7.11. The number of methoxy groups -OCH3 is 1. The molecule has 120 valence electrons. The summed E-state index contributed by atoms with van der Waals surface area (Å²) in [4.78, 5) is 6.15. The van der Waals surface area contributed by atoms with Crippen LogP contribution in [-0.4, -0.2) is 37.5 Å². The first kappa shape index (κ1) is 16.9. The Kier molecular flexibility index (Phi) is 5.41. The number of aryl methyl sites for hydroxylation is 2. The van der Waals surface area contributed by atoms with Crippen molar-refractivity contribution in [2.45, 2.75) is 58.1 Å². The van der Waals surface area contributed by atoms with Crippen molar-refractivity contribution in [1.82, 2.24) is 10.3 Å². The van der Waals surface area contributed by atoms with Gasteiger partial charge in [-0.25, -0.2) is 4.98 Å². The lowest BCUT2D eigenvalue weighted by Gasteiger charge is -2.45. The predicted molar refractivity (Wildman–Crippen MR) is 87.0 cm³/mol. The molecule has 2 unspecified atom stereocenters. The zero-order valence-corrected chi connectivity index (χ0v) is 14.7. The molecule has 1 aliphatic rings. The molecule has 4 nitrogen and oxygen atoms in total. The third kappa shape index (κ3) is 3.65. The van der Waals surface area contributed by atoms with Crippen LogP contribution in [0, 0.1) is 13.8 Å². The second-order valence-electron chi connectivity index (χ2n) is 6.24. The van der Waals surface area contributed by atoms with Crippen LogP contribution in [0.5, 0.6) is 0 Å². The Morgan fingerprint density at radius 1 is 1.43 bits per heavy atom. The van der Waals surface area contributed by atoms with E-state index in [9.17, 15) is 0 Å². The summed E-state index contributed by atoms with van der Waals surface area (Å²) in [5, 5.41) is 4.93. The summed E-state index contributed by atoms with van der Waals surface area (Å²) >= 11 is 1.82. The number of thiazole rings is 1. The average Bonchev–Trinajstić information content (AvgIpc) is 2.80. The van der Waals surface area contributed by atoms with Crippen molar-refractivity contribution in [3.63, 3.8) is 0 Å². The molecule has 1 aliphatic heterocycles. The lowest BCUT2D eigenvalue weighted by Crippen LogP contribution is -2.54. The van der Waals surface area contributed by atoms with Crippen LogP contribution < -0.4 is 5.32 Å². The number of nitrogens with one attached hydrogen (secondary N) is 1. The molecule has 1 aromatic rings. The average molecular weight is 312 g/mol. The third-order valence-electron chi connectivity index (χ3n) is 4.61. The Hall–Kier alpha value is -0.490. The second kappa shape index (κ2) is 6.73. The molecular formula is C16H28N2O2S. The van der Waals surface area contributed by atoms with Gasteiger partial charge in [0, 0.05) is 31.6 Å². The van der Waals surface area contributed by atoms with Crippen molar-refractivity contribution >= 4 is 11.3 Å². The normalized spacial score (nSPS) is 29.8. The predicted octanol–water partition coefficient (Wildman–Crippen LogP) is 3.17. The van der Waals surface area contributed by atoms with Crippen molar-refractivity contribution < 1.29 is 9.47 Å². The van der Waals surface area contributed by atoms with Gasteiger partial charge in [-0.05, 0) is 33.6 Å². The topological polar surface area (TPSA) is 43.4 Å². The fraction of sp³-hybridized carbons (Fsp3) is 0.812. The molecule has 21 heavy (non-hydrogen) atoms. The van der Waals surface area contributed by atoms with Crippen LogP contribution in [0.3, 0.4) is 0 Å². The summed E-state index contributed by atoms with van der Waals surface area (Å²) in [6, 6.07) is 0. The maximum Gasteiger partial charge on any atom is 0.113 e. The molecule has 2 atom stereocenters. The van der Waals surface area contributed by atoms with Gasteiger partial charge < -0.3 is 14.8 Å². The molecule has 1 saturated heterocycles. The van der Waals surface area contributed by atoms with Crippen molar-refractivity contribution in [3.8, 4) is 0 Å². The van der Waals surface area contributed by atoms with Crippen molar-refractivity contribution in [1.29, 1.82) is 0 Å². The Bertz CT molecular complexity index is 457. The van der Waals surface area contributed by atoms with E-state index in [0.29, 0.717) is 0 Å². The number of rotatable bonds is 6. The number of aromatic nitrogens is 1. The highest BCUT2D eigenvalue weighted by atomic mass is 32.1. The van der Waals surface area contributed by atoms with Gasteiger partial charge in [-0.2, -0.15) is 0 Å². The quantitative estimate of drug-likeness (QED) is 0.819. The number of ether oxygens (including phenoxy) is 2. The maximum absolute atomic E-state index is 6.04. The van der Waals surface area contributed by atoms with E-state index < -0.39 is 0 Å². The second-order valence-corrected chi connectivity index (χ2v) is 7.44. The van der Waals surface area contributed by atoms with E-state index in [1.165, 1.54) is 9.88 Å². The summed E-state index contributed by atoms with van der Waals surface area (Å²) in [6.07, 6.45) is 2.95. The van der Waals surface area contributed by atoms with Crippen LogP contribution in [0.4, 0.5) is 0 Å². The van der Waals surface area contributed by atoms with E-state index in [1.54, 1.807) is 7.11 Å². The molecule has 0 radical (unpaired) electrons. The summed E-state index contributed by atoms with van der Waals surface area (Å²) in [7, 11) is 1.74. The van der Waals surface area contributed by atoms with E-state index >= 15 is 0 Å². The number of nitrogens with zero attached hydrogens (tertiary/aromatic N) is 1. The fourth-order valence-electron chi connectivity index (χ4n) is 2.96. The van der Waals surface area contributed by atoms with Crippen LogP contribution >= 0.6 is 11.3 Å². The van der Waals surface area contributed by atoms with Crippen molar-refractivity contribution in [2.24, 2.45) is 0 Å². The largest absolute Gasteiger partial charge is 0.383 e. The van der Waals surface area contributed by atoms with Crippen LogP contribution in [0.25, 0.3) is 0 Å². The molecule has 0 aromatic carbocycles. The van der Waals surface area contributed by atoms with Gasteiger partial charge in [0.05, 0.1) is 23.4 Å². The van der Waals surface area contributed by atoms with E-state index in [4.69, 9.17) is 14.5 Å². The maximum atomic E-state index is 6.04. The molecule has 5 heteroatoms. The zero-order chi connectivity index (χ0) is 15.5. The monoisotopic (exact) mass is 312 g/mol. The van der Waals surface area contributed by atoms with E-state index in [2.05, 4.69) is 33.0 Å². The SMILES string of the molecule is CCC1(C)CC(NCCOC)(c2nc(C)c(C)s2)CCO1. The zero-order valence-electron chi connectivity index (χ0n) is 13.9. The Labute approximate surface area is 132 Å². The minimum atomic E-state index is -0.0781. The first-order chi connectivity index (χ1) is 9.95. The van der Waals surface area contributed by atoms with Gasteiger partial charge in [-0.15, -0.1) is 11.3 Å². The highest BCUT2D eigenvalue weighted by Gasteiger charge is 2.45. The standard InChI is InChI=1S/C16H28N2O2S/c1-6-15(4)11-16(7-9-20-15,17-8-10-19-5)14-18-12(2)13(3)21-14/h17H,6-11H2,1-5H3. The van der Waals surface area contributed by atoms with Crippen LogP contribution in [0.1, 0.15) is 48.7 Å². The summed E-state index contributed by atoms with van der Waals surface area (Å²) in [6.45, 7) is 11.0. The minimum absolute atomic E-state index is 0.0776.